The highest BCUT2D eigenvalue weighted by molar-refractivity contribution is 9.10. The molecule has 0 amide bonds. The van der Waals surface area contributed by atoms with Gasteiger partial charge in [0.15, 0.2) is 0 Å². The SMILES string of the molecule is CNC(Cc1ccncc1)c1cc(Br)ccc1F. The van der Waals surface area contributed by atoms with Crippen LogP contribution in [0.3, 0.4) is 0 Å². The number of likely N-dealkylation sites (N-methyl/N-ethyl adjacent to an activating group) is 1. The normalized spacial score (nSPS) is 12.4. The zero-order valence-corrected chi connectivity index (χ0v) is 11.6. The van der Waals surface area contributed by atoms with Crippen LogP contribution in [0.4, 0.5) is 4.39 Å². The molecule has 0 aliphatic heterocycles. The van der Waals surface area contributed by atoms with Crippen molar-refractivity contribution in [3.05, 3.63) is 64.1 Å². The molecular formula is C14H14BrFN2. The van der Waals surface area contributed by atoms with Crippen molar-refractivity contribution >= 4 is 15.9 Å². The topological polar surface area (TPSA) is 24.9 Å². The third-order valence-corrected chi connectivity index (χ3v) is 3.36. The minimum Gasteiger partial charge on any atom is -0.313 e. The van der Waals surface area contributed by atoms with Crippen LogP contribution in [0.2, 0.25) is 0 Å². The summed E-state index contributed by atoms with van der Waals surface area (Å²) in [6.07, 6.45) is 4.23. The molecule has 18 heavy (non-hydrogen) atoms. The zero-order valence-electron chi connectivity index (χ0n) is 10.0. The fourth-order valence-corrected chi connectivity index (χ4v) is 2.28. The summed E-state index contributed by atoms with van der Waals surface area (Å²) in [4.78, 5) is 3.98. The van der Waals surface area contributed by atoms with Gasteiger partial charge in [-0.15, -0.1) is 0 Å². The van der Waals surface area contributed by atoms with Gasteiger partial charge < -0.3 is 5.32 Å². The van der Waals surface area contributed by atoms with Crippen LogP contribution in [0.5, 0.6) is 0 Å². The number of nitrogens with zero attached hydrogens (tertiary/aromatic N) is 1. The number of nitrogens with one attached hydrogen (secondary N) is 1. The Morgan fingerprint density at radius 1 is 1.28 bits per heavy atom. The highest BCUT2D eigenvalue weighted by Gasteiger charge is 2.14. The van der Waals surface area contributed by atoms with Crippen LogP contribution in [0, 0.1) is 5.82 Å². The molecule has 2 rings (SSSR count). The third kappa shape index (κ3) is 3.15. The summed E-state index contributed by atoms with van der Waals surface area (Å²) < 4.78 is 14.7. The molecule has 94 valence electrons. The first kappa shape index (κ1) is 13.2. The van der Waals surface area contributed by atoms with Gasteiger partial charge in [0.25, 0.3) is 0 Å². The van der Waals surface area contributed by atoms with E-state index in [1.54, 1.807) is 18.5 Å². The highest BCUT2D eigenvalue weighted by Crippen LogP contribution is 2.24. The Hall–Kier alpha value is -1.26. The molecule has 1 N–H and O–H groups in total. The van der Waals surface area contributed by atoms with Gasteiger partial charge in [-0.05, 0) is 49.4 Å². The molecule has 2 aromatic rings. The minimum absolute atomic E-state index is 0.0510. The van der Waals surface area contributed by atoms with Gasteiger partial charge in [-0.2, -0.15) is 0 Å². The van der Waals surface area contributed by atoms with Crippen molar-refractivity contribution in [1.29, 1.82) is 0 Å². The first-order valence-electron chi connectivity index (χ1n) is 5.72. The van der Waals surface area contributed by atoms with Gasteiger partial charge in [-0.3, -0.25) is 4.98 Å². The van der Waals surface area contributed by atoms with Gasteiger partial charge in [-0.1, -0.05) is 15.9 Å². The number of hydrogen-bond donors (Lipinski definition) is 1. The predicted molar refractivity (Wildman–Crippen MR) is 73.8 cm³/mol. The number of hydrogen-bond acceptors (Lipinski definition) is 2. The Labute approximate surface area is 114 Å². The van der Waals surface area contributed by atoms with Gasteiger partial charge in [0.05, 0.1) is 0 Å². The van der Waals surface area contributed by atoms with E-state index in [4.69, 9.17) is 0 Å². The average Bonchev–Trinajstić information content (AvgIpc) is 2.40. The van der Waals surface area contributed by atoms with E-state index < -0.39 is 0 Å². The lowest BCUT2D eigenvalue weighted by Crippen LogP contribution is -2.20. The van der Waals surface area contributed by atoms with Crippen LogP contribution < -0.4 is 5.32 Å². The number of halogens is 2. The monoisotopic (exact) mass is 308 g/mol. The minimum atomic E-state index is -0.188. The molecule has 0 aliphatic carbocycles. The molecule has 1 unspecified atom stereocenters. The smallest absolute Gasteiger partial charge is 0.128 e. The van der Waals surface area contributed by atoms with Crippen molar-refractivity contribution < 1.29 is 4.39 Å². The average molecular weight is 309 g/mol. The van der Waals surface area contributed by atoms with Crippen molar-refractivity contribution in [2.75, 3.05) is 7.05 Å². The van der Waals surface area contributed by atoms with Gasteiger partial charge in [0, 0.05) is 28.5 Å². The van der Waals surface area contributed by atoms with Crippen molar-refractivity contribution in [3.8, 4) is 0 Å². The zero-order chi connectivity index (χ0) is 13.0. The molecule has 0 fully saturated rings. The predicted octanol–water partition coefficient (Wildman–Crippen LogP) is 3.49. The van der Waals surface area contributed by atoms with E-state index in [2.05, 4.69) is 26.2 Å². The second-order valence-electron chi connectivity index (χ2n) is 4.07. The molecule has 0 saturated heterocycles. The van der Waals surface area contributed by atoms with Crippen LogP contribution >= 0.6 is 15.9 Å². The van der Waals surface area contributed by atoms with E-state index >= 15 is 0 Å². The van der Waals surface area contributed by atoms with E-state index in [-0.39, 0.29) is 11.9 Å². The maximum atomic E-state index is 13.8. The van der Waals surface area contributed by atoms with Gasteiger partial charge >= 0.3 is 0 Å². The Kier molecular flexibility index (Phi) is 4.44. The number of pyridine rings is 1. The molecule has 1 heterocycles. The maximum Gasteiger partial charge on any atom is 0.128 e. The standard InChI is InChI=1S/C14H14BrFN2/c1-17-14(8-10-4-6-18-7-5-10)12-9-11(15)2-3-13(12)16/h2-7,9,14,17H,8H2,1H3. The fraction of sp³-hybridized carbons (Fsp3) is 0.214. The van der Waals surface area contributed by atoms with Gasteiger partial charge in [-0.25, -0.2) is 4.39 Å². The van der Waals surface area contributed by atoms with Crippen LogP contribution in [0.1, 0.15) is 17.2 Å². The molecule has 4 heteroatoms. The van der Waals surface area contributed by atoms with Crippen LogP contribution in [0.15, 0.2) is 47.2 Å². The van der Waals surface area contributed by atoms with Gasteiger partial charge in [0.1, 0.15) is 5.82 Å². The van der Waals surface area contributed by atoms with Crippen LogP contribution in [0.25, 0.3) is 0 Å². The lowest BCUT2D eigenvalue weighted by Gasteiger charge is -2.17. The summed E-state index contributed by atoms with van der Waals surface area (Å²) >= 11 is 3.37. The largest absolute Gasteiger partial charge is 0.313 e. The van der Waals surface area contributed by atoms with Crippen molar-refractivity contribution in [2.24, 2.45) is 0 Å². The van der Waals surface area contributed by atoms with E-state index in [1.807, 2.05) is 25.2 Å². The second kappa shape index (κ2) is 6.07. The Balaban J connectivity index is 2.26. The molecule has 1 aromatic heterocycles. The fourth-order valence-electron chi connectivity index (χ4n) is 1.90. The second-order valence-corrected chi connectivity index (χ2v) is 4.98. The molecule has 2 nitrogen and oxygen atoms in total. The molecule has 0 bridgehead atoms. The molecular weight excluding hydrogens is 295 g/mol. The van der Waals surface area contributed by atoms with E-state index in [0.717, 1.165) is 16.5 Å². The van der Waals surface area contributed by atoms with Crippen LogP contribution in [-0.4, -0.2) is 12.0 Å². The Morgan fingerprint density at radius 3 is 2.67 bits per heavy atom. The quantitative estimate of drug-likeness (QED) is 0.935. The molecule has 0 aliphatic rings. The Bertz CT molecular complexity index is 516. The van der Waals surface area contributed by atoms with E-state index in [0.29, 0.717) is 5.56 Å². The van der Waals surface area contributed by atoms with E-state index in [1.165, 1.54) is 6.07 Å². The summed E-state index contributed by atoms with van der Waals surface area (Å²) in [6, 6.07) is 8.84. The number of benzene rings is 1. The van der Waals surface area contributed by atoms with Crippen molar-refractivity contribution in [2.45, 2.75) is 12.5 Å². The molecule has 0 saturated carbocycles. The summed E-state index contributed by atoms with van der Waals surface area (Å²) in [6.45, 7) is 0. The van der Waals surface area contributed by atoms with Gasteiger partial charge in [0.2, 0.25) is 0 Å². The lowest BCUT2D eigenvalue weighted by atomic mass is 9.99. The lowest BCUT2D eigenvalue weighted by molar-refractivity contribution is 0.533. The summed E-state index contributed by atoms with van der Waals surface area (Å²) in [5.41, 5.74) is 1.80. The van der Waals surface area contributed by atoms with Crippen molar-refractivity contribution in [1.82, 2.24) is 10.3 Å². The van der Waals surface area contributed by atoms with E-state index in [9.17, 15) is 4.39 Å². The molecule has 1 aromatic carbocycles. The number of rotatable bonds is 4. The highest BCUT2D eigenvalue weighted by atomic mass is 79.9. The third-order valence-electron chi connectivity index (χ3n) is 2.87. The maximum absolute atomic E-state index is 13.8. The van der Waals surface area contributed by atoms with Crippen LogP contribution in [-0.2, 0) is 6.42 Å². The number of aromatic nitrogens is 1. The molecule has 0 radical (unpaired) electrons. The van der Waals surface area contributed by atoms with Crippen molar-refractivity contribution in [3.63, 3.8) is 0 Å². The first-order valence-corrected chi connectivity index (χ1v) is 6.51. The summed E-state index contributed by atoms with van der Waals surface area (Å²) in [5, 5.41) is 3.15. The Morgan fingerprint density at radius 2 is 2.00 bits per heavy atom. The molecule has 0 spiro atoms. The summed E-state index contributed by atoms with van der Waals surface area (Å²) in [7, 11) is 1.84. The summed E-state index contributed by atoms with van der Waals surface area (Å²) in [5.74, 6) is -0.188. The molecule has 1 atom stereocenters. The first-order chi connectivity index (χ1) is 8.70.